The van der Waals surface area contributed by atoms with Crippen LogP contribution in [0, 0.1) is 0 Å². The number of amides is 2. The second-order valence-corrected chi connectivity index (χ2v) is 7.75. The fraction of sp³-hybridized carbons (Fsp3) is 0.571. The van der Waals surface area contributed by atoms with Crippen molar-refractivity contribution in [2.75, 3.05) is 6.61 Å². The Morgan fingerprint density at radius 1 is 0.926 bits per heavy atom. The highest BCUT2D eigenvalue weighted by Crippen LogP contribution is 2.41. The predicted octanol–water partition coefficient (Wildman–Crippen LogP) is 2.56. The van der Waals surface area contributed by atoms with Crippen LogP contribution in [-0.2, 0) is 24.7 Å². The number of carbonyl (C=O) groups is 3. The van der Waals surface area contributed by atoms with Crippen molar-refractivity contribution in [3.63, 3.8) is 0 Å². The molecule has 0 atom stereocenters. The molecule has 0 heterocycles. The predicted molar refractivity (Wildman–Crippen MR) is 101 cm³/mol. The maximum Gasteiger partial charge on any atom is 0.332 e. The number of benzene rings is 1. The highest BCUT2D eigenvalue weighted by Gasteiger charge is 2.43. The molecule has 1 aromatic rings. The molecular weight excluding hydrogens is 344 g/mol. The van der Waals surface area contributed by atoms with E-state index in [1.54, 1.807) is 0 Å². The van der Waals surface area contributed by atoms with Crippen molar-refractivity contribution in [3.05, 3.63) is 35.9 Å². The minimum Gasteiger partial charge on any atom is -0.454 e. The first-order valence-corrected chi connectivity index (χ1v) is 9.78. The van der Waals surface area contributed by atoms with Crippen molar-refractivity contribution in [1.29, 1.82) is 0 Å². The van der Waals surface area contributed by atoms with Crippen LogP contribution in [0.15, 0.2) is 30.3 Å². The van der Waals surface area contributed by atoms with E-state index in [0.717, 1.165) is 44.1 Å². The molecule has 0 saturated heterocycles. The molecule has 3 rings (SSSR count). The summed E-state index contributed by atoms with van der Waals surface area (Å²) in [6.45, 7) is 1.07. The van der Waals surface area contributed by atoms with Gasteiger partial charge < -0.3 is 15.4 Å². The lowest BCUT2D eigenvalue weighted by Gasteiger charge is -2.43. The molecule has 6 nitrogen and oxygen atoms in total. The third-order valence-corrected chi connectivity index (χ3v) is 5.76. The molecule has 0 aliphatic heterocycles. The molecule has 2 saturated carbocycles. The summed E-state index contributed by atoms with van der Waals surface area (Å²) in [5, 5.41) is 5.82. The molecular formula is C21H28N2O4. The monoisotopic (exact) mass is 372 g/mol. The van der Waals surface area contributed by atoms with Gasteiger partial charge in [0.25, 0.3) is 5.91 Å². The van der Waals surface area contributed by atoms with Gasteiger partial charge in [0, 0.05) is 6.92 Å². The topological polar surface area (TPSA) is 84.5 Å². The number of nitrogens with one attached hydrogen (secondary N) is 2. The van der Waals surface area contributed by atoms with Gasteiger partial charge in [0.15, 0.2) is 6.61 Å². The Balaban J connectivity index is 1.59. The van der Waals surface area contributed by atoms with E-state index in [-0.39, 0.29) is 24.0 Å². The molecule has 0 unspecified atom stereocenters. The van der Waals surface area contributed by atoms with E-state index in [1.807, 2.05) is 30.3 Å². The van der Waals surface area contributed by atoms with Gasteiger partial charge in [0.05, 0.1) is 5.54 Å². The molecule has 146 valence electrons. The fourth-order valence-electron chi connectivity index (χ4n) is 4.22. The fourth-order valence-corrected chi connectivity index (χ4v) is 4.22. The van der Waals surface area contributed by atoms with Gasteiger partial charge in [-0.3, -0.25) is 9.59 Å². The number of esters is 1. The standard InChI is InChI=1S/C21H28N2O4/c1-16(24)22-21(11-6-3-7-12-21)19(26)27-15-18(25)23-20(13-8-14-20)17-9-4-2-5-10-17/h2,4-5,9-10H,3,6-8,11-15H2,1H3,(H,22,24)(H,23,25). The van der Waals surface area contributed by atoms with E-state index >= 15 is 0 Å². The highest BCUT2D eigenvalue weighted by atomic mass is 16.5. The SMILES string of the molecule is CC(=O)NC1(C(=O)OCC(=O)NC2(c3ccccc3)CCC2)CCCCC1. The van der Waals surface area contributed by atoms with E-state index in [1.165, 1.54) is 6.92 Å². The third-order valence-electron chi connectivity index (χ3n) is 5.76. The van der Waals surface area contributed by atoms with Gasteiger partial charge in [-0.2, -0.15) is 0 Å². The molecule has 1 aromatic carbocycles. The lowest BCUT2D eigenvalue weighted by Crippen LogP contribution is -2.57. The molecule has 0 spiro atoms. The molecule has 0 bridgehead atoms. The average molecular weight is 372 g/mol. The van der Waals surface area contributed by atoms with Gasteiger partial charge in [-0.25, -0.2) is 4.79 Å². The first-order valence-electron chi connectivity index (χ1n) is 9.78. The summed E-state index contributed by atoms with van der Waals surface area (Å²) < 4.78 is 5.33. The van der Waals surface area contributed by atoms with E-state index in [0.29, 0.717) is 12.8 Å². The molecule has 2 amide bonds. The molecule has 2 aliphatic carbocycles. The summed E-state index contributed by atoms with van der Waals surface area (Å²) >= 11 is 0. The number of rotatable bonds is 6. The maximum atomic E-state index is 12.7. The largest absolute Gasteiger partial charge is 0.454 e. The minimum absolute atomic E-state index is 0.254. The lowest BCUT2D eigenvalue weighted by molar-refractivity contribution is -0.158. The molecule has 0 radical (unpaired) electrons. The molecule has 6 heteroatoms. The van der Waals surface area contributed by atoms with Crippen LogP contribution in [0.4, 0.5) is 0 Å². The molecule has 2 aliphatic rings. The van der Waals surface area contributed by atoms with Gasteiger partial charge in [0.2, 0.25) is 5.91 Å². The number of hydrogen-bond donors (Lipinski definition) is 2. The lowest BCUT2D eigenvalue weighted by atomic mass is 9.72. The normalized spacial score (nSPS) is 20.0. The zero-order chi connectivity index (χ0) is 19.3. The second-order valence-electron chi connectivity index (χ2n) is 7.75. The smallest absolute Gasteiger partial charge is 0.332 e. The number of ether oxygens (including phenoxy) is 1. The van der Waals surface area contributed by atoms with Gasteiger partial charge in [-0.15, -0.1) is 0 Å². The zero-order valence-corrected chi connectivity index (χ0v) is 15.9. The van der Waals surface area contributed by atoms with E-state index in [9.17, 15) is 14.4 Å². The summed E-state index contributed by atoms with van der Waals surface area (Å²) in [6, 6.07) is 9.90. The van der Waals surface area contributed by atoms with Crippen LogP contribution in [0.2, 0.25) is 0 Å². The Morgan fingerprint density at radius 2 is 1.59 bits per heavy atom. The van der Waals surface area contributed by atoms with Crippen LogP contribution >= 0.6 is 0 Å². The quantitative estimate of drug-likeness (QED) is 0.752. The first kappa shape index (κ1) is 19.4. The highest BCUT2D eigenvalue weighted by molar-refractivity contribution is 5.89. The van der Waals surface area contributed by atoms with Crippen LogP contribution in [0.3, 0.4) is 0 Å². The minimum atomic E-state index is -0.988. The average Bonchev–Trinajstić information content (AvgIpc) is 2.63. The Bertz CT molecular complexity index is 691. The number of hydrogen-bond acceptors (Lipinski definition) is 4. The van der Waals surface area contributed by atoms with Crippen molar-refractivity contribution in [1.82, 2.24) is 10.6 Å². The Kier molecular flexibility index (Phi) is 5.82. The molecule has 2 fully saturated rings. The van der Waals surface area contributed by atoms with Gasteiger partial charge in [-0.1, -0.05) is 49.6 Å². The summed E-state index contributed by atoms with van der Waals surface area (Å²) in [5.74, 6) is -1.06. The Labute approximate surface area is 160 Å². The van der Waals surface area contributed by atoms with Crippen LogP contribution in [0.5, 0.6) is 0 Å². The van der Waals surface area contributed by atoms with Crippen molar-refractivity contribution >= 4 is 17.8 Å². The van der Waals surface area contributed by atoms with Gasteiger partial charge in [0.1, 0.15) is 5.54 Å². The van der Waals surface area contributed by atoms with Crippen LogP contribution < -0.4 is 10.6 Å². The van der Waals surface area contributed by atoms with Crippen molar-refractivity contribution < 1.29 is 19.1 Å². The first-order chi connectivity index (χ1) is 13.0. The molecule has 2 N–H and O–H groups in total. The summed E-state index contributed by atoms with van der Waals surface area (Å²) in [7, 11) is 0. The van der Waals surface area contributed by atoms with Gasteiger partial charge >= 0.3 is 5.97 Å². The molecule has 0 aromatic heterocycles. The van der Waals surface area contributed by atoms with Crippen molar-refractivity contribution in [3.8, 4) is 0 Å². The van der Waals surface area contributed by atoms with Crippen LogP contribution in [0.1, 0.15) is 63.9 Å². The van der Waals surface area contributed by atoms with E-state index < -0.39 is 11.5 Å². The second kappa shape index (κ2) is 8.11. The zero-order valence-electron chi connectivity index (χ0n) is 15.9. The summed E-state index contributed by atoms with van der Waals surface area (Å²) in [6.07, 6.45) is 6.69. The Morgan fingerprint density at radius 3 is 2.15 bits per heavy atom. The van der Waals surface area contributed by atoms with E-state index in [2.05, 4.69) is 10.6 Å². The summed E-state index contributed by atoms with van der Waals surface area (Å²) in [5.41, 5.74) is -0.263. The van der Waals surface area contributed by atoms with Gasteiger partial charge in [-0.05, 0) is 37.7 Å². The van der Waals surface area contributed by atoms with Crippen molar-refractivity contribution in [2.24, 2.45) is 0 Å². The Hall–Kier alpha value is -2.37. The summed E-state index contributed by atoms with van der Waals surface area (Å²) in [4.78, 5) is 36.7. The molecule has 27 heavy (non-hydrogen) atoms. The van der Waals surface area contributed by atoms with Crippen LogP contribution in [0.25, 0.3) is 0 Å². The van der Waals surface area contributed by atoms with Crippen molar-refractivity contribution in [2.45, 2.75) is 69.4 Å². The van der Waals surface area contributed by atoms with Crippen LogP contribution in [-0.4, -0.2) is 29.9 Å². The number of carbonyl (C=O) groups excluding carboxylic acids is 3. The third kappa shape index (κ3) is 4.31. The van der Waals surface area contributed by atoms with E-state index in [4.69, 9.17) is 4.74 Å². The maximum absolute atomic E-state index is 12.7.